The molecule has 1 aliphatic heterocycles. The maximum absolute atomic E-state index is 12.4. The Labute approximate surface area is 176 Å². The quantitative estimate of drug-likeness (QED) is 0.753. The van der Waals surface area contributed by atoms with Gasteiger partial charge in [0.25, 0.3) is 0 Å². The second kappa shape index (κ2) is 9.08. The number of carboxylic acid groups (broad SMARTS) is 1. The first kappa shape index (κ1) is 20.1. The van der Waals surface area contributed by atoms with Crippen LogP contribution in [-0.4, -0.2) is 29.2 Å². The molecular formula is C25H26N2O3. The van der Waals surface area contributed by atoms with Crippen LogP contribution in [0.15, 0.2) is 65.3 Å². The Balaban J connectivity index is 1.44. The first-order valence-corrected chi connectivity index (χ1v) is 10.6. The number of hydrogen-bond acceptors (Lipinski definition) is 3. The molecule has 1 saturated carbocycles. The molecule has 30 heavy (non-hydrogen) atoms. The van der Waals surface area contributed by atoms with E-state index in [2.05, 4.69) is 10.3 Å². The zero-order chi connectivity index (χ0) is 20.9. The summed E-state index contributed by atoms with van der Waals surface area (Å²) in [7, 11) is 0. The average Bonchev–Trinajstić information content (AvgIpc) is 3.29. The maximum atomic E-state index is 12.4. The summed E-state index contributed by atoms with van der Waals surface area (Å²) in [5.41, 5.74) is 5.77. The van der Waals surface area contributed by atoms with Crippen molar-refractivity contribution in [2.45, 2.75) is 38.5 Å². The van der Waals surface area contributed by atoms with Crippen LogP contribution in [-0.2, 0) is 16.0 Å². The molecule has 0 saturated heterocycles. The summed E-state index contributed by atoms with van der Waals surface area (Å²) in [5, 5.41) is 12.0. The van der Waals surface area contributed by atoms with E-state index in [0.29, 0.717) is 6.54 Å². The number of carboxylic acids is 1. The van der Waals surface area contributed by atoms with E-state index in [-0.39, 0.29) is 18.2 Å². The number of carbonyl (C=O) groups is 2. The SMILES string of the molecule is O=C(O)Cc1ccc(-c2ccc(C3=NCCC(NC(=O)C4CCCC4)=C3)cc2)cc1. The Morgan fingerprint density at radius 3 is 2.17 bits per heavy atom. The lowest BCUT2D eigenvalue weighted by molar-refractivity contribution is -0.136. The Kier molecular flexibility index (Phi) is 6.07. The van der Waals surface area contributed by atoms with Gasteiger partial charge in [0.05, 0.1) is 12.1 Å². The molecule has 2 aromatic rings. The van der Waals surface area contributed by atoms with E-state index in [1.54, 1.807) is 0 Å². The summed E-state index contributed by atoms with van der Waals surface area (Å²) >= 11 is 0. The Hall–Kier alpha value is -3.21. The molecule has 2 N–H and O–H groups in total. The lowest BCUT2D eigenvalue weighted by atomic mass is 9.99. The van der Waals surface area contributed by atoms with Crippen LogP contribution in [0.2, 0.25) is 0 Å². The molecule has 0 unspecified atom stereocenters. The van der Waals surface area contributed by atoms with Gasteiger partial charge >= 0.3 is 5.97 Å². The van der Waals surface area contributed by atoms with Crippen LogP contribution in [0.4, 0.5) is 0 Å². The van der Waals surface area contributed by atoms with Crippen molar-refractivity contribution in [1.82, 2.24) is 5.32 Å². The second-order valence-electron chi connectivity index (χ2n) is 8.00. The maximum Gasteiger partial charge on any atom is 0.307 e. The van der Waals surface area contributed by atoms with Gasteiger partial charge in [-0.05, 0) is 41.2 Å². The Morgan fingerprint density at radius 2 is 1.53 bits per heavy atom. The van der Waals surface area contributed by atoms with Crippen LogP contribution in [0, 0.1) is 5.92 Å². The minimum atomic E-state index is -0.827. The summed E-state index contributed by atoms with van der Waals surface area (Å²) in [6.07, 6.45) is 7.09. The molecule has 0 radical (unpaired) electrons. The van der Waals surface area contributed by atoms with Gasteiger partial charge < -0.3 is 10.4 Å². The van der Waals surface area contributed by atoms with Crippen LogP contribution < -0.4 is 5.32 Å². The van der Waals surface area contributed by atoms with Gasteiger partial charge in [-0.3, -0.25) is 14.6 Å². The molecule has 0 aromatic heterocycles. The van der Waals surface area contributed by atoms with Gasteiger partial charge in [-0.15, -0.1) is 0 Å². The van der Waals surface area contributed by atoms with Crippen LogP contribution in [0.1, 0.15) is 43.2 Å². The number of aliphatic carboxylic acids is 1. The molecule has 0 spiro atoms. The van der Waals surface area contributed by atoms with Gasteiger partial charge in [0.1, 0.15) is 0 Å². The largest absolute Gasteiger partial charge is 0.481 e. The van der Waals surface area contributed by atoms with Crippen molar-refractivity contribution >= 4 is 17.6 Å². The number of nitrogens with one attached hydrogen (secondary N) is 1. The highest BCUT2D eigenvalue weighted by molar-refractivity contribution is 6.10. The van der Waals surface area contributed by atoms with Gasteiger partial charge in [-0.2, -0.15) is 0 Å². The van der Waals surface area contributed by atoms with E-state index < -0.39 is 5.97 Å². The number of benzene rings is 2. The Bertz CT molecular complexity index is 982. The fourth-order valence-corrected chi connectivity index (χ4v) is 4.12. The van der Waals surface area contributed by atoms with Crippen molar-refractivity contribution in [3.63, 3.8) is 0 Å². The molecule has 0 atom stereocenters. The highest BCUT2D eigenvalue weighted by Gasteiger charge is 2.23. The number of dihydropyridines is 1. The van der Waals surface area contributed by atoms with E-state index in [1.807, 2.05) is 54.6 Å². The highest BCUT2D eigenvalue weighted by atomic mass is 16.4. The van der Waals surface area contributed by atoms with Gasteiger partial charge in [-0.25, -0.2) is 0 Å². The third kappa shape index (κ3) is 4.85. The number of allylic oxidation sites excluding steroid dienone is 1. The molecule has 2 aliphatic rings. The molecule has 2 aromatic carbocycles. The Morgan fingerprint density at radius 1 is 0.933 bits per heavy atom. The van der Waals surface area contributed by atoms with Gasteiger partial charge in [-0.1, -0.05) is 61.4 Å². The lowest BCUT2D eigenvalue weighted by Crippen LogP contribution is -2.30. The zero-order valence-electron chi connectivity index (χ0n) is 16.9. The van der Waals surface area contributed by atoms with Crippen molar-refractivity contribution < 1.29 is 14.7 Å². The number of carbonyl (C=O) groups excluding carboxylic acids is 1. The molecular weight excluding hydrogens is 376 g/mol. The van der Waals surface area contributed by atoms with E-state index in [9.17, 15) is 9.59 Å². The average molecular weight is 402 g/mol. The van der Waals surface area contributed by atoms with E-state index in [1.165, 1.54) is 0 Å². The molecule has 5 nitrogen and oxygen atoms in total. The summed E-state index contributed by atoms with van der Waals surface area (Å²) in [6, 6.07) is 15.8. The number of nitrogens with zero attached hydrogens (tertiary/aromatic N) is 1. The van der Waals surface area contributed by atoms with Crippen molar-refractivity contribution in [2.75, 3.05) is 6.54 Å². The van der Waals surface area contributed by atoms with Crippen molar-refractivity contribution in [3.05, 3.63) is 71.4 Å². The zero-order valence-corrected chi connectivity index (χ0v) is 16.9. The smallest absolute Gasteiger partial charge is 0.307 e. The predicted octanol–water partition coefficient (Wildman–Crippen LogP) is 4.36. The summed E-state index contributed by atoms with van der Waals surface area (Å²) < 4.78 is 0. The third-order valence-electron chi connectivity index (χ3n) is 5.81. The number of amides is 1. The topological polar surface area (TPSA) is 78.8 Å². The fraction of sp³-hybridized carbons (Fsp3) is 0.320. The van der Waals surface area contributed by atoms with Gasteiger partial charge in [0.2, 0.25) is 5.91 Å². The minimum absolute atomic E-state index is 0.0327. The molecule has 154 valence electrons. The lowest BCUT2D eigenvalue weighted by Gasteiger charge is -2.17. The van der Waals surface area contributed by atoms with Crippen molar-refractivity contribution in [1.29, 1.82) is 0 Å². The van der Waals surface area contributed by atoms with Gasteiger partial charge in [0, 0.05) is 24.6 Å². The summed E-state index contributed by atoms with van der Waals surface area (Å²) in [5.74, 6) is -0.511. The van der Waals surface area contributed by atoms with Crippen molar-refractivity contribution in [3.8, 4) is 11.1 Å². The first-order chi connectivity index (χ1) is 14.6. The first-order valence-electron chi connectivity index (χ1n) is 10.6. The molecule has 1 heterocycles. The standard InChI is InChI=1S/C25H26N2O3/c28-24(29)15-17-5-7-18(8-6-17)19-9-11-20(12-10-19)23-16-22(13-14-26-23)27-25(30)21-3-1-2-4-21/h5-12,16,21H,1-4,13-15H2,(H,27,30)(H,28,29). The molecule has 1 fully saturated rings. The van der Waals surface area contributed by atoms with E-state index in [4.69, 9.17) is 5.11 Å². The minimum Gasteiger partial charge on any atom is -0.481 e. The summed E-state index contributed by atoms with van der Waals surface area (Å²) in [6.45, 7) is 0.679. The summed E-state index contributed by atoms with van der Waals surface area (Å²) in [4.78, 5) is 27.9. The van der Waals surface area contributed by atoms with E-state index >= 15 is 0 Å². The van der Waals surface area contributed by atoms with Crippen LogP contribution in [0.5, 0.6) is 0 Å². The van der Waals surface area contributed by atoms with Crippen LogP contribution in [0.25, 0.3) is 11.1 Å². The monoisotopic (exact) mass is 402 g/mol. The molecule has 5 heteroatoms. The molecule has 1 aliphatic carbocycles. The van der Waals surface area contributed by atoms with Crippen molar-refractivity contribution in [2.24, 2.45) is 10.9 Å². The molecule has 0 bridgehead atoms. The normalized spacial score (nSPS) is 16.7. The third-order valence-corrected chi connectivity index (χ3v) is 5.81. The van der Waals surface area contributed by atoms with Gasteiger partial charge in [0.15, 0.2) is 0 Å². The van der Waals surface area contributed by atoms with Crippen LogP contribution >= 0.6 is 0 Å². The molecule has 4 rings (SSSR count). The fourth-order valence-electron chi connectivity index (χ4n) is 4.12. The highest BCUT2D eigenvalue weighted by Crippen LogP contribution is 2.26. The second-order valence-corrected chi connectivity index (χ2v) is 8.00. The molecule has 1 amide bonds. The van der Waals surface area contributed by atoms with Crippen LogP contribution in [0.3, 0.4) is 0 Å². The predicted molar refractivity (Wildman–Crippen MR) is 117 cm³/mol. The number of hydrogen-bond donors (Lipinski definition) is 2. The van der Waals surface area contributed by atoms with E-state index in [0.717, 1.165) is 65.8 Å². The number of aliphatic imine (C=N–C) groups is 1. The number of rotatable bonds is 6.